The fraction of sp³-hybridized carbons (Fsp3) is 0.205. The summed E-state index contributed by atoms with van der Waals surface area (Å²) in [6, 6.07) is 21.1. The van der Waals surface area contributed by atoms with Crippen LogP contribution in [-0.2, 0) is 37.0 Å². The van der Waals surface area contributed by atoms with Gasteiger partial charge in [0.25, 0.3) is 30.4 Å². The van der Waals surface area contributed by atoms with Gasteiger partial charge in [0.2, 0.25) is 11.0 Å². The zero-order chi connectivity index (χ0) is 51.7. The number of thiazole rings is 1. The Kier molecular flexibility index (Phi) is 15.0. The zero-order valence-electron chi connectivity index (χ0n) is 37.4. The molecule has 0 atom stereocenters. The first-order valence-corrected chi connectivity index (χ1v) is 27.8. The number of hydrogen-bond acceptors (Lipinski definition) is 20. The number of aliphatic hydroxyl groups is 1. The summed E-state index contributed by atoms with van der Waals surface area (Å²) in [5.74, 6) is -1.35. The van der Waals surface area contributed by atoms with Crippen LogP contribution in [0.3, 0.4) is 0 Å². The highest BCUT2D eigenvalue weighted by Crippen LogP contribution is 2.44. The number of fused-ring (bicyclic) bond motifs is 6. The minimum absolute atomic E-state index is 0.0160. The van der Waals surface area contributed by atoms with Crippen molar-refractivity contribution in [2.24, 2.45) is 30.7 Å². The van der Waals surface area contributed by atoms with Gasteiger partial charge in [-0.05, 0) is 85.9 Å². The van der Waals surface area contributed by atoms with E-state index < -0.39 is 53.4 Å². The quantitative estimate of drug-likeness (QED) is 0.0231. The number of aliphatic hydroxyl groups excluding tert-OH is 1. The average Bonchev–Trinajstić information content (AvgIpc) is 3.92. The van der Waals surface area contributed by atoms with E-state index in [1.165, 1.54) is 34.7 Å². The van der Waals surface area contributed by atoms with E-state index in [1.807, 2.05) is 0 Å². The maximum absolute atomic E-state index is 12.4. The molecule has 22 nitrogen and oxygen atoms in total. The number of ether oxygens (including phenoxy) is 1. The third-order valence-electron chi connectivity index (χ3n) is 10.7. The molecule has 0 unspecified atom stereocenters. The van der Waals surface area contributed by atoms with E-state index in [1.54, 1.807) is 56.3 Å². The van der Waals surface area contributed by atoms with Crippen molar-refractivity contribution in [3.63, 3.8) is 0 Å². The van der Waals surface area contributed by atoms with Gasteiger partial charge in [-0.2, -0.15) is 35.6 Å². The molecule has 3 heterocycles. The number of aromatic nitrogens is 3. The van der Waals surface area contributed by atoms with Crippen molar-refractivity contribution >= 4 is 136 Å². The number of aromatic hydroxyl groups is 1. The van der Waals surface area contributed by atoms with Crippen LogP contribution in [-0.4, -0.2) is 87.4 Å². The van der Waals surface area contributed by atoms with Crippen molar-refractivity contribution in [1.82, 2.24) is 14.4 Å². The van der Waals surface area contributed by atoms with Crippen molar-refractivity contribution in [2.75, 3.05) is 23.9 Å². The van der Waals surface area contributed by atoms with E-state index in [4.69, 9.17) is 16.3 Å². The summed E-state index contributed by atoms with van der Waals surface area (Å²) >= 11 is 8.33. The molecule has 8 rings (SSSR count). The molecule has 5 aromatic carbocycles. The number of halogens is 1. The predicted molar refractivity (Wildman–Crippen MR) is 270 cm³/mol. The van der Waals surface area contributed by atoms with E-state index in [0.29, 0.717) is 42.0 Å². The number of nitrogens with zero attached hydrogens (tertiary/aromatic N) is 10. The number of nitriles is 1. The molecule has 3 aromatic heterocycles. The summed E-state index contributed by atoms with van der Waals surface area (Å²) in [5, 5.41) is 60.0. The van der Waals surface area contributed by atoms with Crippen molar-refractivity contribution in [3.05, 3.63) is 100 Å². The molecule has 5 N–H and O–H groups in total. The lowest BCUT2D eigenvalue weighted by molar-refractivity contribution is 0.282. The van der Waals surface area contributed by atoms with Gasteiger partial charge in [-0.25, -0.2) is 9.97 Å². The van der Waals surface area contributed by atoms with Crippen LogP contribution in [0.2, 0.25) is 5.02 Å². The van der Waals surface area contributed by atoms with E-state index in [-0.39, 0.29) is 98.3 Å². The van der Waals surface area contributed by atoms with Crippen LogP contribution in [0.5, 0.6) is 11.6 Å². The number of benzene rings is 5. The molecule has 372 valence electrons. The Bertz CT molecular complexity index is 3990. The van der Waals surface area contributed by atoms with Crippen LogP contribution in [0, 0.1) is 25.2 Å². The first-order chi connectivity index (χ1) is 34.1. The van der Waals surface area contributed by atoms with Crippen LogP contribution in [0.25, 0.3) is 37.7 Å². The summed E-state index contributed by atoms with van der Waals surface area (Å²) in [6.07, 6.45) is -0.105. The monoisotopic (exact) mass is 1090 g/mol. The van der Waals surface area contributed by atoms with Crippen molar-refractivity contribution in [3.8, 4) is 17.7 Å². The number of hydrogen-bond donors (Lipinski definition) is 5. The summed E-state index contributed by atoms with van der Waals surface area (Å²) in [4.78, 5) is 8.82. The summed E-state index contributed by atoms with van der Waals surface area (Å²) < 4.78 is 107. The zero-order valence-corrected chi connectivity index (χ0v) is 42.2. The molecule has 0 bridgehead atoms. The van der Waals surface area contributed by atoms with Crippen LogP contribution < -0.4 is 4.74 Å². The number of aryl methyl sites for hydroxylation is 1. The van der Waals surface area contributed by atoms with Crippen LogP contribution in [0.15, 0.2) is 113 Å². The second-order valence-corrected chi connectivity index (χ2v) is 22.8. The van der Waals surface area contributed by atoms with E-state index in [2.05, 4.69) is 46.7 Å². The number of thioether (sulfide) groups is 1. The average molecular weight is 1090 g/mol. The van der Waals surface area contributed by atoms with Gasteiger partial charge in [-0.15, -0.1) is 37.3 Å². The number of rotatable bonds is 18. The lowest BCUT2D eigenvalue weighted by Gasteiger charge is -2.12. The minimum Gasteiger partial charge on any atom is -0.493 e. The molecule has 0 amide bonds. The predicted octanol–water partition coefficient (Wildman–Crippen LogP) is 11.1. The first-order valence-electron chi connectivity index (χ1n) is 21.0. The Hall–Kier alpha value is -6.58. The molecule has 0 fully saturated rings. The van der Waals surface area contributed by atoms with Gasteiger partial charge in [0, 0.05) is 32.5 Å². The number of azo groups is 3. The van der Waals surface area contributed by atoms with Crippen LogP contribution >= 0.6 is 34.7 Å². The molecular formula is C44H37ClN10O12S5. The van der Waals surface area contributed by atoms with Crippen LogP contribution in [0.4, 0.5) is 33.6 Å². The molecule has 0 spiro atoms. The van der Waals surface area contributed by atoms with Gasteiger partial charge in [0.1, 0.15) is 33.5 Å². The second-order valence-electron chi connectivity index (χ2n) is 15.7. The van der Waals surface area contributed by atoms with E-state index in [9.17, 15) is 54.4 Å². The highest BCUT2D eigenvalue weighted by molar-refractivity contribution is 7.99. The molecule has 0 radical (unpaired) electrons. The second kappa shape index (κ2) is 20.9. The molecule has 0 aliphatic rings. The minimum atomic E-state index is -4.69. The fourth-order valence-electron chi connectivity index (χ4n) is 7.32. The van der Waals surface area contributed by atoms with E-state index in [0.717, 1.165) is 23.1 Å². The summed E-state index contributed by atoms with van der Waals surface area (Å²) in [5.41, 5.74) is 2.57. The van der Waals surface area contributed by atoms with Crippen LogP contribution in [0.1, 0.15) is 35.1 Å². The van der Waals surface area contributed by atoms with Gasteiger partial charge in [-0.1, -0.05) is 47.2 Å². The molecule has 28 heteroatoms. The fourth-order valence-corrected chi connectivity index (χ4v) is 11.3. The summed E-state index contributed by atoms with van der Waals surface area (Å²) in [6.45, 7) is 2.42. The van der Waals surface area contributed by atoms with E-state index >= 15 is 0 Å². The normalized spacial score (nSPS) is 12.8. The van der Waals surface area contributed by atoms with Crippen molar-refractivity contribution in [2.45, 2.75) is 43.1 Å². The summed E-state index contributed by atoms with van der Waals surface area (Å²) in [7, 11) is -13.3. The van der Waals surface area contributed by atoms with Gasteiger partial charge in [-0.3, -0.25) is 18.1 Å². The molecule has 0 saturated heterocycles. The molecule has 0 aliphatic carbocycles. The highest BCUT2D eigenvalue weighted by Gasteiger charge is 2.23. The molecule has 0 saturated carbocycles. The van der Waals surface area contributed by atoms with Gasteiger partial charge in [0.15, 0.2) is 11.3 Å². The largest absolute Gasteiger partial charge is 0.493 e. The van der Waals surface area contributed by atoms with Crippen molar-refractivity contribution < 1.29 is 53.9 Å². The lowest BCUT2D eigenvalue weighted by Crippen LogP contribution is -2.08. The maximum Gasteiger partial charge on any atom is 0.296 e. The van der Waals surface area contributed by atoms with Gasteiger partial charge < -0.3 is 14.9 Å². The molecule has 0 aliphatic heterocycles. The lowest BCUT2D eigenvalue weighted by atomic mass is 10.1. The Morgan fingerprint density at radius 1 is 0.819 bits per heavy atom. The maximum atomic E-state index is 12.4. The third-order valence-corrected chi connectivity index (χ3v) is 15.5. The molecular weight excluding hydrogens is 1060 g/mol. The van der Waals surface area contributed by atoms with Gasteiger partial charge in [0.05, 0.1) is 57.5 Å². The first kappa shape index (κ1) is 51.8. The highest BCUT2D eigenvalue weighted by atomic mass is 35.5. The standard InChI is InChI=1S/C44H37ClN10O12S5/c1-23-15-33(51-53-39-24(2)29(21-46)42-47-32-18-27(45)9-10-35(32)55(42)43(39)57)36(67-11-5-13-70(58,59)60)19-30(23)49-52-34-16-26(22-56)31(20-37(34)68-12-6-14-71(61,62)63)50-54-44-48-40-38(72(64,65)66)17-25-7-3-4-8-28(25)41(40)69-44/h3-4,7-10,15-20,56-57H,5-6,11-14,22H2,1-2H3,(H,58,59,60)(H,61,62,63)(H,64,65,66). The SMILES string of the molecule is Cc1cc(N=Nc2c(C)c(C#N)c3nc4cc(Cl)ccc4n3c2O)c(OCCCS(=O)(=O)O)cc1N=Nc1cc(CO)c(N=Nc2nc3c(S(=O)(=O)O)cc4ccccc4c3s2)cc1SCCCS(=O)(=O)O. The number of pyridine rings is 1. The number of imidazole rings is 1. The third kappa shape index (κ3) is 11.5. The Morgan fingerprint density at radius 2 is 1.53 bits per heavy atom. The Labute approximate surface area is 422 Å². The molecule has 72 heavy (non-hydrogen) atoms. The Balaban J connectivity index is 1.17. The van der Waals surface area contributed by atoms with Gasteiger partial charge >= 0.3 is 0 Å². The van der Waals surface area contributed by atoms with Crippen molar-refractivity contribution in [1.29, 1.82) is 5.26 Å². The smallest absolute Gasteiger partial charge is 0.296 e. The topological polar surface area (TPSA) is 341 Å². The molecule has 8 aromatic rings. The Morgan fingerprint density at radius 3 is 2.25 bits per heavy atom.